The Hall–Kier alpha value is -1.51. The summed E-state index contributed by atoms with van der Waals surface area (Å²) in [6.07, 6.45) is 2.28. The van der Waals surface area contributed by atoms with Crippen molar-refractivity contribution < 1.29 is 14.3 Å². The summed E-state index contributed by atoms with van der Waals surface area (Å²) in [5, 5.41) is 0.487. The third-order valence-corrected chi connectivity index (χ3v) is 2.74. The van der Waals surface area contributed by atoms with Gasteiger partial charge in [-0.25, -0.2) is 9.79 Å². The Morgan fingerprint density at radius 1 is 1.50 bits per heavy atom. The van der Waals surface area contributed by atoms with Gasteiger partial charge in [0.25, 0.3) is 0 Å². The molecule has 0 spiro atoms. The Labute approximate surface area is 97.8 Å². The van der Waals surface area contributed by atoms with Crippen LogP contribution >= 0.6 is 11.6 Å². The van der Waals surface area contributed by atoms with Gasteiger partial charge in [-0.1, -0.05) is 18.5 Å². The molecule has 0 bridgehead atoms. The van der Waals surface area contributed by atoms with Crippen LogP contribution in [0.25, 0.3) is 0 Å². The van der Waals surface area contributed by atoms with Crippen LogP contribution in [0.2, 0.25) is 5.02 Å². The summed E-state index contributed by atoms with van der Waals surface area (Å²) in [6, 6.07) is 1.76. The van der Waals surface area contributed by atoms with E-state index in [0.29, 0.717) is 16.5 Å². The molecule has 16 heavy (non-hydrogen) atoms. The molecule has 0 aromatic heterocycles. The Morgan fingerprint density at radius 2 is 2.25 bits per heavy atom. The van der Waals surface area contributed by atoms with Gasteiger partial charge in [0.05, 0.1) is 11.6 Å². The molecule has 0 saturated carbocycles. The number of hydrogen-bond acceptors (Lipinski definition) is 4. The first kappa shape index (κ1) is 11.0. The lowest BCUT2D eigenvalue weighted by atomic mass is 10.0. The average Bonchev–Trinajstić information content (AvgIpc) is 2.76. The van der Waals surface area contributed by atoms with Crippen LogP contribution < -0.4 is 9.47 Å². The molecular weight excluding hydrogens is 230 g/mol. The number of rotatable bonds is 3. The third kappa shape index (κ3) is 1.77. The Bertz CT molecular complexity index is 467. The minimum absolute atomic E-state index is 0.183. The van der Waals surface area contributed by atoms with Gasteiger partial charge in [0.15, 0.2) is 11.5 Å². The zero-order valence-electron chi connectivity index (χ0n) is 8.75. The van der Waals surface area contributed by atoms with Gasteiger partial charge in [-0.3, -0.25) is 0 Å². The molecule has 0 amide bonds. The van der Waals surface area contributed by atoms with E-state index in [9.17, 15) is 4.79 Å². The summed E-state index contributed by atoms with van der Waals surface area (Å²) in [7, 11) is 0. The molecule has 0 saturated heterocycles. The molecule has 1 aliphatic rings. The molecule has 0 radical (unpaired) electrons. The van der Waals surface area contributed by atoms with E-state index in [1.807, 2.05) is 6.92 Å². The van der Waals surface area contributed by atoms with Crippen molar-refractivity contribution in [2.45, 2.75) is 19.9 Å². The predicted molar refractivity (Wildman–Crippen MR) is 58.8 cm³/mol. The Kier molecular flexibility index (Phi) is 3.13. The van der Waals surface area contributed by atoms with Gasteiger partial charge in [-0.05, 0) is 18.1 Å². The van der Waals surface area contributed by atoms with Crippen LogP contribution in [0.15, 0.2) is 11.1 Å². The van der Waals surface area contributed by atoms with E-state index >= 15 is 0 Å². The predicted octanol–water partition coefficient (Wildman–Crippen LogP) is 2.47. The van der Waals surface area contributed by atoms with Crippen LogP contribution in [0.3, 0.4) is 0 Å². The number of fused-ring (bicyclic) bond motifs is 1. The van der Waals surface area contributed by atoms with E-state index in [1.54, 1.807) is 6.07 Å². The molecule has 1 aromatic carbocycles. The maximum atomic E-state index is 10.1. The standard InChI is InChI=1S/C11H10ClNO3/c1-2-8-7(4-13-5-14)3-9(12)11-10(8)15-6-16-11/h3H,2,4,6H2,1H3. The van der Waals surface area contributed by atoms with Gasteiger partial charge in [0.1, 0.15) is 0 Å². The zero-order chi connectivity index (χ0) is 11.5. The van der Waals surface area contributed by atoms with Crippen LogP contribution in [0.4, 0.5) is 0 Å². The quantitative estimate of drug-likeness (QED) is 0.601. The molecule has 2 rings (SSSR count). The second-order valence-electron chi connectivity index (χ2n) is 3.32. The van der Waals surface area contributed by atoms with Crippen molar-refractivity contribution in [2.75, 3.05) is 6.79 Å². The van der Waals surface area contributed by atoms with Crippen molar-refractivity contribution in [1.29, 1.82) is 0 Å². The fourth-order valence-electron chi connectivity index (χ4n) is 1.78. The number of aliphatic imine (C=N–C) groups is 1. The van der Waals surface area contributed by atoms with Gasteiger partial charge in [0, 0.05) is 5.56 Å². The van der Waals surface area contributed by atoms with Crippen LogP contribution in [-0.4, -0.2) is 12.9 Å². The van der Waals surface area contributed by atoms with Crippen molar-refractivity contribution in [2.24, 2.45) is 4.99 Å². The lowest BCUT2D eigenvalue weighted by Crippen LogP contribution is -1.96. The summed E-state index contributed by atoms with van der Waals surface area (Å²) in [4.78, 5) is 13.7. The van der Waals surface area contributed by atoms with Gasteiger partial charge >= 0.3 is 0 Å². The number of nitrogens with zero attached hydrogens (tertiary/aromatic N) is 1. The fourth-order valence-corrected chi connectivity index (χ4v) is 2.05. The lowest BCUT2D eigenvalue weighted by Gasteiger charge is -2.09. The first-order valence-electron chi connectivity index (χ1n) is 4.91. The van der Waals surface area contributed by atoms with Gasteiger partial charge in [0.2, 0.25) is 12.9 Å². The van der Waals surface area contributed by atoms with Gasteiger partial charge < -0.3 is 9.47 Å². The summed E-state index contributed by atoms with van der Waals surface area (Å²) in [6.45, 7) is 2.45. The lowest BCUT2D eigenvalue weighted by molar-refractivity contribution is 0.173. The number of hydrogen-bond donors (Lipinski definition) is 0. The molecule has 5 heteroatoms. The smallest absolute Gasteiger partial charge is 0.235 e. The normalized spacial score (nSPS) is 12.4. The van der Waals surface area contributed by atoms with E-state index in [4.69, 9.17) is 21.1 Å². The number of isocyanates is 1. The Balaban J connectivity index is 2.52. The van der Waals surface area contributed by atoms with Crippen molar-refractivity contribution in [3.05, 3.63) is 22.2 Å². The highest BCUT2D eigenvalue weighted by Gasteiger charge is 2.23. The van der Waals surface area contributed by atoms with Crippen molar-refractivity contribution in [1.82, 2.24) is 0 Å². The largest absolute Gasteiger partial charge is 0.453 e. The molecule has 4 nitrogen and oxygen atoms in total. The summed E-state index contributed by atoms with van der Waals surface area (Å²) < 4.78 is 10.6. The second-order valence-corrected chi connectivity index (χ2v) is 3.73. The first-order valence-corrected chi connectivity index (χ1v) is 5.29. The molecule has 84 valence electrons. The highest BCUT2D eigenvalue weighted by atomic mass is 35.5. The molecule has 1 heterocycles. The fraction of sp³-hybridized carbons (Fsp3) is 0.364. The number of halogens is 1. The first-order chi connectivity index (χ1) is 7.77. The third-order valence-electron chi connectivity index (χ3n) is 2.46. The molecule has 0 unspecified atom stereocenters. The molecule has 0 aliphatic carbocycles. The van der Waals surface area contributed by atoms with Crippen molar-refractivity contribution in [3.8, 4) is 11.5 Å². The van der Waals surface area contributed by atoms with E-state index in [2.05, 4.69) is 4.99 Å². The highest BCUT2D eigenvalue weighted by Crippen LogP contribution is 2.43. The van der Waals surface area contributed by atoms with E-state index in [1.165, 1.54) is 6.08 Å². The SMILES string of the molecule is CCc1c(CN=C=O)cc(Cl)c2c1OCO2. The summed E-state index contributed by atoms with van der Waals surface area (Å²) in [5.41, 5.74) is 1.86. The zero-order valence-corrected chi connectivity index (χ0v) is 9.50. The van der Waals surface area contributed by atoms with Crippen LogP contribution in [-0.2, 0) is 17.8 Å². The van der Waals surface area contributed by atoms with Crippen LogP contribution in [0.1, 0.15) is 18.1 Å². The van der Waals surface area contributed by atoms with E-state index in [0.717, 1.165) is 17.5 Å². The molecule has 1 aromatic rings. The summed E-state index contributed by atoms with van der Waals surface area (Å²) >= 11 is 6.04. The highest BCUT2D eigenvalue weighted by molar-refractivity contribution is 6.32. The van der Waals surface area contributed by atoms with Crippen LogP contribution in [0, 0.1) is 0 Å². The minimum atomic E-state index is 0.183. The maximum Gasteiger partial charge on any atom is 0.235 e. The second kappa shape index (κ2) is 4.56. The summed E-state index contributed by atoms with van der Waals surface area (Å²) in [5.74, 6) is 1.25. The van der Waals surface area contributed by atoms with E-state index < -0.39 is 0 Å². The topological polar surface area (TPSA) is 47.9 Å². The molecule has 0 N–H and O–H groups in total. The monoisotopic (exact) mass is 239 g/mol. The van der Waals surface area contributed by atoms with Gasteiger partial charge in [-0.15, -0.1) is 0 Å². The molecular formula is C11H10ClNO3. The van der Waals surface area contributed by atoms with Crippen molar-refractivity contribution in [3.63, 3.8) is 0 Å². The molecule has 1 aliphatic heterocycles. The average molecular weight is 240 g/mol. The van der Waals surface area contributed by atoms with Gasteiger partial charge in [-0.2, -0.15) is 0 Å². The number of benzene rings is 1. The minimum Gasteiger partial charge on any atom is -0.453 e. The van der Waals surface area contributed by atoms with Crippen LogP contribution in [0.5, 0.6) is 11.5 Å². The number of ether oxygens (including phenoxy) is 2. The molecule has 0 fully saturated rings. The van der Waals surface area contributed by atoms with E-state index in [-0.39, 0.29) is 13.3 Å². The number of carbonyl (C=O) groups excluding carboxylic acids is 1. The van der Waals surface area contributed by atoms with Crippen molar-refractivity contribution >= 4 is 17.7 Å². The molecule has 0 atom stereocenters. The Morgan fingerprint density at radius 3 is 2.94 bits per heavy atom. The maximum absolute atomic E-state index is 10.1.